The summed E-state index contributed by atoms with van der Waals surface area (Å²) in [7, 11) is 0. The summed E-state index contributed by atoms with van der Waals surface area (Å²) in [6, 6.07) is 9.60. The number of aromatic nitrogens is 3. The van der Waals surface area contributed by atoms with Gasteiger partial charge in [0, 0.05) is 42.8 Å². The number of nitrogens with one attached hydrogen (secondary N) is 1. The van der Waals surface area contributed by atoms with Gasteiger partial charge in [-0.1, -0.05) is 23.7 Å². The Balaban J connectivity index is 1.61. The molecule has 0 unspecified atom stereocenters. The lowest BCUT2D eigenvalue weighted by molar-refractivity contribution is 0.0612. The number of hydrogen-bond acceptors (Lipinski definition) is 5. The second-order valence-electron chi connectivity index (χ2n) is 7.23. The molecule has 0 bridgehead atoms. The van der Waals surface area contributed by atoms with E-state index in [1.54, 1.807) is 53.8 Å². The Labute approximate surface area is 179 Å². The number of benzene rings is 1. The number of nitrogens with zero attached hydrogens (tertiary/aromatic N) is 4. The van der Waals surface area contributed by atoms with Crippen molar-refractivity contribution in [2.45, 2.75) is 31.8 Å². The van der Waals surface area contributed by atoms with Gasteiger partial charge in [-0.3, -0.25) is 4.79 Å². The summed E-state index contributed by atoms with van der Waals surface area (Å²) in [6.45, 7) is 2.51. The van der Waals surface area contributed by atoms with Crippen LogP contribution in [0.4, 0.5) is 10.2 Å². The van der Waals surface area contributed by atoms with E-state index in [2.05, 4.69) is 20.3 Å². The number of hydrogen-bond donors (Lipinski definition) is 1. The fourth-order valence-electron chi connectivity index (χ4n) is 3.78. The third-order valence-electron chi connectivity index (χ3n) is 5.34. The first-order chi connectivity index (χ1) is 14.5. The summed E-state index contributed by atoms with van der Waals surface area (Å²) in [4.78, 5) is 27.8. The fraction of sp³-hybridized carbons (Fsp3) is 0.273. The molecular formula is C22H21ClFN5O. The van der Waals surface area contributed by atoms with E-state index < -0.39 is 5.82 Å². The number of anilines is 1. The van der Waals surface area contributed by atoms with Gasteiger partial charge in [0.05, 0.1) is 10.6 Å². The van der Waals surface area contributed by atoms with E-state index in [0.29, 0.717) is 28.8 Å². The number of likely N-dealkylation sites (tertiary alicyclic amines) is 1. The maximum atomic E-state index is 14.8. The molecule has 1 aliphatic heterocycles. The minimum Gasteiger partial charge on any atom is -0.365 e. The quantitative estimate of drug-likeness (QED) is 0.669. The molecule has 4 rings (SSSR count). The summed E-state index contributed by atoms with van der Waals surface area (Å²) in [5.41, 5.74) is 0.392. The van der Waals surface area contributed by atoms with Gasteiger partial charge in [-0.15, -0.1) is 0 Å². The lowest BCUT2D eigenvalue weighted by Gasteiger charge is -2.40. The van der Waals surface area contributed by atoms with Crippen LogP contribution in [0, 0.1) is 5.82 Å². The Morgan fingerprint density at radius 1 is 1.17 bits per heavy atom. The van der Waals surface area contributed by atoms with E-state index in [9.17, 15) is 9.18 Å². The van der Waals surface area contributed by atoms with Gasteiger partial charge in [0.15, 0.2) is 5.82 Å². The van der Waals surface area contributed by atoms with Crippen molar-refractivity contribution >= 4 is 23.3 Å². The molecule has 1 saturated heterocycles. The summed E-state index contributed by atoms with van der Waals surface area (Å²) in [5.74, 6) is 0.0742. The molecule has 2 aromatic heterocycles. The molecule has 0 saturated carbocycles. The fourth-order valence-corrected chi connectivity index (χ4v) is 3.90. The van der Waals surface area contributed by atoms with Crippen molar-refractivity contribution in [3.05, 3.63) is 71.4 Å². The van der Waals surface area contributed by atoms with Crippen LogP contribution in [-0.2, 0) is 0 Å². The van der Waals surface area contributed by atoms with Crippen LogP contribution in [0.15, 0.2) is 55.0 Å². The van der Waals surface area contributed by atoms with Gasteiger partial charge in [0.2, 0.25) is 0 Å². The van der Waals surface area contributed by atoms with Crippen LogP contribution in [0.1, 0.15) is 30.1 Å². The topological polar surface area (TPSA) is 71.0 Å². The second-order valence-corrected chi connectivity index (χ2v) is 7.67. The van der Waals surface area contributed by atoms with Crippen LogP contribution >= 0.6 is 11.6 Å². The standard InChI is InChI=1S/C22H21ClFN5O/c1-14-18(28-19-9-8-15(23)13-27-19)7-3-12-29(14)22(30)20-16(5-2-6-17(20)24)21-25-10-4-11-26-21/h2,4-6,8-11,13-14,18H,3,7,12H2,1H3,(H,27,28)/t14-,18+/m0/s1. The van der Waals surface area contributed by atoms with Gasteiger partial charge < -0.3 is 10.2 Å². The monoisotopic (exact) mass is 425 g/mol. The van der Waals surface area contributed by atoms with E-state index in [1.807, 2.05) is 6.92 Å². The Bertz CT molecular complexity index is 1030. The summed E-state index contributed by atoms with van der Waals surface area (Å²) < 4.78 is 14.8. The first-order valence-corrected chi connectivity index (χ1v) is 10.2. The van der Waals surface area contributed by atoms with Crippen molar-refractivity contribution < 1.29 is 9.18 Å². The van der Waals surface area contributed by atoms with Crippen molar-refractivity contribution in [3.63, 3.8) is 0 Å². The van der Waals surface area contributed by atoms with Gasteiger partial charge in [0.25, 0.3) is 5.91 Å². The molecule has 6 nitrogen and oxygen atoms in total. The molecule has 1 N–H and O–H groups in total. The van der Waals surface area contributed by atoms with Gasteiger partial charge >= 0.3 is 0 Å². The van der Waals surface area contributed by atoms with Crippen LogP contribution in [0.5, 0.6) is 0 Å². The van der Waals surface area contributed by atoms with Crippen molar-refractivity contribution in [1.29, 1.82) is 0 Å². The molecule has 3 heterocycles. The highest BCUT2D eigenvalue weighted by atomic mass is 35.5. The summed E-state index contributed by atoms with van der Waals surface area (Å²) in [6.07, 6.45) is 6.40. The van der Waals surface area contributed by atoms with E-state index in [1.165, 1.54) is 6.07 Å². The largest absolute Gasteiger partial charge is 0.365 e. The minimum absolute atomic E-state index is 0.000757. The molecule has 0 spiro atoms. The molecule has 30 heavy (non-hydrogen) atoms. The van der Waals surface area contributed by atoms with Gasteiger partial charge in [-0.2, -0.15) is 0 Å². The molecule has 0 aliphatic carbocycles. The molecule has 1 aromatic carbocycles. The first kappa shape index (κ1) is 20.2. The van der Waals surface area contributed by atoms with Crippen molar-refractivity contribution in [2.75, 3.05) is 11.9 Å². The van der Waals surface area contributed by atoms with E-state index in [-0.39, 0.29) is 23.6 Å². The van der Waals surface area contributed by atoms with Crippen LogP contribution in [0.3, 0.4) is 0 Å². The molecule has 0 radical (unpaired) electrons. The maximum Gasteiger partial charge on any atom is 0.257 e. The SMILES string of the molecule is C[C@H]1[C@H](Nc2ccc(Cl)cn2)CCCN1C(=O)c1c(F)cccc1-c1ncccn1. The Kier molecular flexibility index (Phi) is 5.90. The summed E-state index contributed by atoms with van der Waals surface area (Å²) in [5, 5.41) is 3.93. The molecule has 1 aliphatic rings. The second kappa shape index (κ2) is 8.75. The number of carbonyl (C=O) groups is 1. The van der Waals surface area contributed by atoms with E-state index >= 15 is 0 Å². The molecule has 154 valence electrons. The minimum atomic E-state index is -0.577. The highest BCUT2D eigenvalue weighted by Crippen LogP contribution is 2.28. The van der Waals surface area contributed by atoms with Crippen molar-refractivity contribution in [3.8, 4) is 11.4 Å². The zero-order valence-corrected chi connectivity index (χ0v) is 17.2. The molecule has 3 aromatic rings. The van der Waals surface area contributed by atoms with Crippen molar-refractivity contribution in [2.24, 2.45) is 0 Å². The number of amides is 1. The number of pyridine rings is 1. The van der Waals surface area contributed by atoms with E-state index in [4.69, 9.17) is 11.6 Å². The van der Waals surface area contributed by atoms with Crippen LogP contribution < -0.4 is 5.32 Å². The Hall–Kier alpha value is -3.06. The number of halogens is 2. The third kappa shape index (κ3) is 4.11. The molecular weight excluding hydrogens is 405 g/mol. The van der Waals surface area contributed by atoms with Gasteiger partial charge in [-0.25, -0.2) is 19.3 Å². The van der Waals surface area contributed by atoms with Crippen LogP contribution in [-0.4, -0.2) is 44.4 Å². The number of piperidine rings is 1. The average Bonchev–Trinajstić information content (AvgIpc) is 2.77. The Morgan fingerprint density at radius 3 is 2.70 bits per heavy atom. The zero-order valence-electron chi connectivity index (χ0n) is 16.4. The van der Waals surface area contributed by atoms with E-state index in [0.717, 1.165) is 12.8 Å². The normalized spacial score (nSPS) is 18.8. The third-order valence-corrected chi connectivity index (χ3v) is 5.57. The highest BCUT2D eigenvalue weighted by molar-refractivity contribution is 6.30. The van der Waals surface area contributed by atoms with Gasteiger partial charge in [0.1, 0.15) is 11.6 Å². The Morgan fingerprint density at radius 2 is 1.97 bits per heavy atom. The van der Waals surface area contributed by atoms with Crippen molar-refractivity contribution in [1.82, 2.24) is 19.9 Å². The predicted molar refractivity (Wildman–Crippen MR) is 114 cm³/mol. The maximum absolute atomic E-state index is 14.8. The number of carbonyl (C=O) groups excluding carboxylic acids is 1. The number of rotatable bonds is 4. The molecule has 2 atom stereocenters. The average molecular weight is 426 g/mol. The molecule has 1 fully saturated rings. The van der Waals surface area contributed by atoms with Gasteiger partial charge in [-0.05, 0) is 44.0 Å². The van der Waals surface area contributed by atoms with Crippen LogP contribution in [0.2, 0.25) is 5.02 Å². The van der Waals surface area contributed by atoms with Crippen LogP contribution in [0.25, 0.3) is 11.4 Å². The summed E-state index contributed by atoms with van der Waals surface area (Å²) >= 11 is 5.91. The highest BCUT2D eigenvalue weighted by Gasteiger charge is 2.34. The lowest BCUT2D eigenvalue weighted by atomic mass is 9.95. The molecule has 8 heteroatoms. The zero-order chi connectivity index (χ0) is 21.1. The molecule has 1 amide bonds. The first-order valence-electron chi connectivity index (χ1n) is 9.79. The lowest BCUT2D eigenvalue weighted by Crippen LogP contribution is -2.52. The smallest absolute Gasteiger partial charge is 0.257 e. The predicted octanol–water partition coefficient (Wildman–Crippen LogP) is 4.44.